The first kappa shape index (κ1) is 12.4. The molecule has 2 unspecified atom stereocenters. The highest BCUT2D eigenvalue weighted by Crippen LogP contribution is 1.98. The third kappa shape index (κ3) is 4.24. The average molecular weight is 189 g/mol. The van der Waals surface area contributed by atoms with Crippen LogP contribution >= 0.6 is 0 Å². The smallest absolute Gasteiger partial charge is 0.251 e. The van der Waals surface area contributed by atoms with Crippen LogP contribution in [0.5, 0.6) is 0 Å². The summed E-state index contributed by atoms with van der Waals surface area (Å²) in [5.41, 5.74) is 0. The quantitative estimate of drug-likeness (QED) is 0.632. The highest BCUT2D eigenvalue weighted by molar-refractivity contribution is 5.80. The lowest BCUT2D eigenvalue weighted by molar-refractivity contribution is -0.140. The molecular formula is C9H19NO3. The second-order valence-corrected chi connectivity index (χ2v) is 3.14. The van der Waals surface area contributed by atoms with Crippen LogP contribution in [0.4, 0.5) is 0 Å². The van der Waals surface area contributed by atoms with E-state index in [9.17, 15) is 4.79 Å². The summed E-state index contributed by atoms with van der Waals surface area (Å²) in [5.74, 6) is -0.0219. The van der Waals surface area contributed by atoms with Crippen LogP contribution in [0.15, 0.2) is 0 Å². The summed E-state index contributed by atoms with van der Waals surface area (Å²) < 4.78 is 9.97. The summed E-state index contributed by atoms with van der Waals surface area (Å²) in [7, 11) is 4.90. The van der Waals surface area contributed by atoms with E-state index >= 15 is 0 Å². The summed E-state index contributed by atoms with van der Waals surface area (Å²) >= 11 is 0. The van der Waals surface area contributed by atoms with Crippen LogP contribution in [-0.4, -0.2) is 50.8 Å². The Bertz CT molecular complexity index is 161. The number of methoxy groups -OCH3 is 2. The second kappa shape index (κ2) is 5.94. The highest BCUT2D eigenvalue weighted by atomic mass is 16.5. The van der Waals surface area contributed by atoms with Gasteiger partial charge in [0, 0.05) is 27.8 Å². The van der Waals surface area contributed by atoms with Gasteiger partial charge in [0.2, 0.25) is 0 Å². The Morgan fingerprint density at radius 2 is 1.85 bits per heavy atom. The van der Waals surface area contributed by atoms with Gasteiger partial charge in [0.25, 0.3) is 5.91 Å². The fourth-order valence-corrected chi connectivity index (χ4v) is 0.961. The Kier molecular flexibility index (Phi) is 5.66. The number of likely N-dealkylation sites (N-methyl/N-ethyl adjacent to an activating group) is 1. The van der Waals surface area contributed by atoms with E-state index < -0.39 is 0 Å². The number of nitrogens with zero attached hydrogens (tertiary/aromatic N) is 1. The van der Waals surface area contributed by atoms with Crippen LogP contribution in [0, 0.1) is 0 Å². The van der Waals surface area contributed by atoms with Gasteiger partial charge in [0.05, 0.1) is 6.10 Å². The Hall–Kier alpha value is -0.610. The monoisotopic (exact) mass is 189 g/mol. The molecule has 0 aromatic rings. The van der Waals surface area contributed by atoms with E-state index in [0.717, 1.165) is 0 Å². The molecule has 2 atom stereocenters. The van der Waals surface area contributed by atoms with Crippen molar-refractivity contribution in [3.05, 3.63) is 0 Å². The van der Waals surface area contributed by atoms with Gasteiger partial charge < -0.3 is 14.4 Å². The van der Waals surface area contributed by atoms with E-state index in [1.165, 1.54) is 7.11 Å². The van der Waals surface area contributed by atoms with E-state index in [1.54, 1.807) is 26.0 Å². The molecule has 0 spiro atoms. The Morgan fingerprint density at radius 3 is 2.23 bits per heavy atom. The van der Waals surface area contributed by atoms with Crippen molar-refractivity contribution in [3.63, 3.8) is 0 Å². The molecule has 0 saturated carbocycles. The van der Waals surface area contributed by atoms with Crippen molar-refractivity contribution in [1.82, 2.24) is 4.90 Å². The molecule has 0 heterocycles. The van der Waals surface area contributed by atoms with Gasteiger partial charge in [-0.25, -0.2) is 0 Å². The zero-order chi connectivity index (χ0) is 10.4. The van der Waals surface area contributed by atoms with E-state index in [4.69, 9.17) is 9.47 Å². The molecule has 0 rings (SSSR count). The summed E-state index contributed by atoms with van der Waals surface area (Å²) in [6.07, 6.45) is -0.327. The van der Waals surface area contributed by atoms with Gasteiger partial charge in [0.15, 0.2) is 0 Å². The Balaban J connectivity index is 3.95. The van der Waals surface area contributed by atoms with Gasteiger partial charge in [-0.3, -0.25) is 4.79 Å². The minimum Gasteiger partial charge on any atom is -0.380 e. The van der Waals surface area contributed by atoms with Crippen LogP contribution in [-0.2, 0) is 14.3 Å². The predicted octanol–water partition coefficient (Wildman–Crippen LogP) is 0.515. The average Bonchev–Trinajstić information content (AvgIpc) is 2.14. The number of hydrogen-bond acceptors (Lipinski definition) is 3. The molecule has 4 nitrogen and oxygen atoms in total. The highest BCUT2D eigenvalue weighted by Gasteiger charge is 2.17. The molecule has 0 saturated heterocycles. The van der Waals surface area contributed by atoms with Crippen molar-refractivity contribution >= 4 is 5.91 Å². The molecule has 78 valence electrons. The van der Waals surface area contributed by atoms with E-state index in [0.29, 0.717) is 6.54 Å². The maximum absolute atomic E-state index is 11.5. The number of ether oxygens (including phenoxy) is 2. The van der Waals surface area contributed by atoms with Crippen molar-refractivity contribution in [2.75, 3.05) is 27.8 Å². The van der Waals surface area contributed by atoms with E-state index in [1.807, 2.05) is 6.92 Å². The molecule has 0 fully saturated rings. The lowest BCUT2D eigenvalue weighted by Gasteiger charge is -2.23. The van der Waals surface area contributed by atoms with Gasteiger partial charge in [-0.1, -0.05) is 0 Å². The maximum atomic E-state index is 11.5. The van der Waals surface area contributed by atoms with Crippen LogP contribution in [0.1, 0.15) is 13.8 Å². The van der Waals surface area contributed by atoms with Gasteiger partial charge in [-0.05, 0) is 13.8 Å². The van der Waals surface area contributed by atoms with Crippen LogP contribution < -0.4 is 0 Å². The fraction of sp³-hybridized carbons (Fsp3) is 0.889. The Morgan fingerprint density at radius 1 is 1.31 bits per heavy atom. The third-order valence-corrected chi connectivity index (χ3v) is 2.01. The largest absolute Gasteiger partial charge is 0.380 e. The minimum absolute atomic E-state index is 0.0219. The lowest BCUT2D eigenvalue weighted by atomic mass is 10.3. The molecule has 0 N–H and O–H groups in total. The van der Waals surface area contributed by atoms with Crippen LogP contribution in [0.25, 0.3) is 0 Å². The zero-order valence-corrected chi connectivity index (χ0v) is 9.03. The van der Waals surface area contributed by atoms with E-state index in [2.05, 4.69) is 0 Å². The first-order chi connectivity index (χ1) is 6.02. The molecule has 4 heteroatoms. The summed E-state index contributed by atoms with van der Waals surface area (Å²) in [6, 6.07) is 0. The van der Waals surface area contributed by atoms with Crippen molar-refractivity contribution in [2.24, 2.45) is 0 Å². The van der Waals surface area contributed by atoms with Gasteiger partial charge >= 0.3 is 0 Å². The van der Waals surface area contributed by atoms with Gasteiger partial charge in [-0.15, -0.1) is 0 Å². The zero-order valence-electron chi connectivity index (χ0n) is 9.03. The number of amides is 1. The number of hydrogen-bond donors (Lipinski definition) is 0. The normalized spacial score (nSPS) is 15.2. The molecule has 0 aliphatic carbocycles. The molecule has 0 aliphatic heterocycles. The maximum Gasteiger partial charge on any atom is 0.251 e. The van der Waals surface area contributed by atoms with Gasteiger partial charge in [-0.2, -0.15) is 0 Å². The molecule has 1 amide bonds. The molecule has 0 aromatic heterocycles. The van der Waals surface area contributed by atoms with E-state index in [-0.39, 0.29) is 18.1 Å². The number of rotatable bonds is 5. The van der Waals surface area contributed by atoms with Crippen molar-refractivity contribution in [3.8, 4) is 0 Å². The summed E-state index contributed by atoms with van der Waals surface area (Å²) in [6.45, 7) is 4.24. The summed E-state index contributed by atoms with van der Waals surface area (Å²) in [4.78, 5) is 13.1. The van der Waals surface area contributed by atoms with Crippen LogP contribution in [0.3, 0.4) is 0 Å². The standard InChI is InChI=1S/C9H19NO3/c1-7(12-4)6-10(3)9(11)8(2)13-5/h7-8H,6H2,1-5H3. The van der Waals surface area contributed by atoms with Gasteiger partial charge in [0.1, 0.15) is 6.10 Å². The molecule has 0 radical (unpaired) electrons. The van der Waals surface area contributed by atoms with Crippen molar-refractivity contribution in [2.45, 2.75) is 26.1 Å². The molecule has 0 aromatic carbocycles. The third-order valence-electron chi connectivity index (χ3n) is 2.01. The SMILES string of the molecule is COC(C)CN(C)C(=O)C(C)OC. The Labute approximate surface area is 79.8 Å². The number of carbonyl (C=O) groups excluding carboxylic acids is 1. The van der Waals surface area contributed by atoms with Crippen molar-refractivity contribution < 1.29 is 14.3 Å². The lowest BCUT2D eigenvalue weighted by Crippen LogP contribution is -2.39. The fourth-order valence-electron chi connectivity index (χ4n) is 0.961. The molecular weight excluding hydrogens is 170 g/mol. The topological polar surface area (TPSA) is 38.8 Å². The predicted molar refractivity (Wildman–Crippen MR) is 50.6 cm³/mol. The second-order valence-electron chi connectivity index (χ2n) is 3.14. The number of carbonyl (C=O) groups is 1. The minimum atomic E-state index is -0.381. The first-order valence-electron chi connectivity index (χ1n) is 4.33. The van der Waals surface area contributed by atoms with Crippen molar-refractivity contribution in [1.29, 1.82) is 0 Å². The molecule has 0 aliphatic rings. The molecule has 13 heavy (non-hydrogen) atoms. The summed E-state index contributed by atoms with van der Waals surface area (Å²) in [5, 5.41) is 0. The molecule has 0 bridgehead atoms. The van der Waals surface area contributed by atoms with Crippen LogP contribution in [0.2, 0.25) is 0 Å². The first-order valence-corrected chi connectivity index (χ1v) is 4.33.